The Kier molecular flexibility index (Phi) is 6.02. The Balaban J connectivity index is 1.44. The number of piperazine rings is 1. The Morgan fingerprint density at radius 1 is 0.757 bits per heavy atom. The third-order valence-electron chi connectivity index (χ3n) is 6.75. The Morgan fingerprint density at radius 3 is 2.46 bits per heavy atom. The van der Waals surface area contributed by atoms with Gasteiger partial charge < -0.3 is 9.80 Å². The first-order valence-corrected chi connectivity index (χ1v) is 12.1. The van der Waals surface area contributed by atoms with E-state index < -0.39 is 11.6 Å². The highest BCUT2D eigenvalue weighted by Gasteiger charge is 2.17. The highest BCUT2D eigenvalue weighted by molar-refractivity contribution is 5.95. The monoisotopic (exact) mass is 494 g/mol. The van der Waals surface area contributed by atoms with Crippen molar-refractivity contribution in [1.29, 1.82) is 0 Å². The number of hydrogen-bond acceptors (Lipinski definition) is 6. The van der Waals surface area contributed by atoms with Crippen molar-refractivity contribution in [2.45, 2.75) is 0 Å². The average molecular weight is 495 g/mol. The minimum absolute atomic E-state index is 0.0828. The van der Waals surface area contributed by atoms with Crippen LogP contribution in [0.15, 0.2) is 79.4 Å². The molecule has 184 valence electrons. The molecule has 1 fully saturated rings. The van der Waals surface area contributed by atoms with Gasteiger partial charge in [-0.3, -0.25) is 9.97 Å². The van der Waals surface area contributed by atoms with Gasteiger partial charge >= 0.3 is 0 Å². The number of aromatic nitrogens is 4. The van der Waals surface area contributed by atoms with Crippen LogP contribution in [-0.4, -0.2) is 58.1 Å². The molecule has 4 aromatic heterocycles. The fourth-order valence-electron chi connectivity index (χ4n) is 4.69. The molecule has 0 unspecified atom stereocenters. The molecule has 6 nitrogen and oxygen atoms in total. The van der Waals surface area contributed by atoms with Crippen molar-refractivity contribution in [2.75, 3.05) is 38.1 Å². The maximum Gasteiger partial charge on any atom is 0.160 e. The molecule has 0 spiro atoms. The average Bonchev–Trinajstić information content (AvgIpc) is 2.94. The van der Waals surface area contributed by atoms with E-state index in [2.05, 4.69) is 42.8 Å². The van der Waals surface area contributed by atoms with Crippen molar-refractivity contribution >= 4 is 16.7 Å². The van der Waals surface area contributed by atoms with Gasteiger partial charge in [-0.1, -0.05) is 0 Å². The van der Waals surface area contributed by atoms with Crippen LogP contribution >= 0.6 is 0 Å². The quantitative estimate of drug-likeness (QED) is 0.331. The zero-order valence-corrected chi connectivity index (χ0v) is 20.3. The molecule has 5 aromatic rings. The normalized spacial score (nSPS) is 14.3. The number of hydrogen-bond donors (Lipinski definition) is 0. The number of benzene rings is 1. The Labute approximate surface area is 213 Å². The minimum atomic E-state index is -0.549. The van der Waals surface area contributed by atoms with Gasteiger partial charge in [0.2, 0.25) is 0 Å². The molecule has 6 rings (SSSR count). The van der Waals surface area contributed by atoms with Crippen LogP contribution in [0.3, 0.4) is 0 Å². The zero-order chi connectivity index (χ0) is 25.4. The van der Waals surface area contributed by atoms with Gasteiger partial charge in [-0.15, -0.1) is 0 Å². The fourth-order valence-corrected chi connectivity index (χ4v) is 4.69. The van der Waals surface area contributed by atoms with Gasteiger partial charge in [0.1, 0.15) is 11.6 Å². The van der Waals surface area contributed by atoms with Crippen molar-refractivity contribution in [3.63, 3.8) is 0 Å². The fraction of sp³-hybridized carbons (Fsp3) is 0.172. The van der Waals surface area contributed by atoms with Crippen LogP contribution in [0.5, 0.6) is 0 Å². The van der Waals surface area contributed by atoms with Crippen LogP contribution < -0.4 is 4.90 Å². The molecular formula is C29H24F2N6. The summed E-state index contributed by atoms with van der Waals surface area (Å²) >= 11 is 0. The summed E-state index contributed by atoms with van der Waals surface area (Å²) in [5, 5.41) is 0.793. The van der Waals surface area contributed by atoms with E-state index in [0.717, 1.165) is 77.8 Å². The standard InChI is InChI=1S/C29H24F2N6/c1-36-9-11-37(12-10-36)22-6-8-33-27(15-22)20-13-19(17-32-18-20)24-16-28(25-14-21(30)4-5-26(25)31)35-29-23(24)3-2-7-34-29/h2-8,13-18H,9-12H2,1H3. The van der Waals surface area contributed by atoms with Crippen LogP contribution in [-0.2, 0) is 0 Å². The third kappa shape index (κ3) is 4.63. The second-order valence-corrected chi connectivity index (χ2v) is 9.21. The molecule has 0 saturated carbocycles. The zero-order valence-electron chi connectivity index (χ0n) is 20.3. The summed E-state index contributed by atoms with van der Waals surface area (Å²) in [6.45, 7) is 3.97. The SMILES string of the molecule is CN1CCN(c2ccnc(-c3cncc(-c4cc(-c5cc(F)ccc5F)nc5ncccc45)c3)c2)CC1. The van der Waals surface area contributed by atoms with Crippen LogP contribution in [0.1, 0.15) is 0 Å². The summed E-state index contributed by atoms with van der Waals surface area (Å²) in [6.07, 6.45) is 7.00. The van der Waals surface area contributed by atoms with Gasteiger partial charge in [0.05, 0.1) is 11.4 Å². The second-order valence-electron chi connectivity index (χ2n) is 9.21. The number of pyridine rings is 4. The smallest absolute Gasteiger partial charge is 0.160 e. The summed E-state index contributed by atoms with van der Waals surface area (Å²) in [5.74, 6) is -1.08. The highest BCUT2D eigenvalue weighted by Crippen LogP contribution is 2.34. The van der Waals surface area contributed by atoms with E-state index in [1.165, 1.54) is 0 Å². The summed E-state index contributed by atoms with van der Waals surface area (Å²) in [4.78, 5) is 22.7. The molecule has 1 saturated heterocycles. The molecule has 1 aliphatic rings. The summed E-state index contributed by atoms with van der Waals surface area (Å²) in [7, 11) is 2.14. The molecule has 1 aromatic carbocycles. The lowest BCUT2D eigenvalue weighted by molar-refractivity contribution is 0.313. The first-order valence-electron chi connectivity index (χ1n) is 12.1. The first kappa shape index (κ1) is 23.1. The van der Waals surface area contributed by atoms with Crippen LogP contribution in [0.25, 0.3) is 44.7 Å². The van der Waals surface area contributed by atoms with Crippen LogP contribution in [0, 0.1) is 11.6 Å². The molecule has 0 aliphatic carbocycles. The Bertz CT molecular complexity index is 1600. The van der Waals surface area contributed by atoms with Gasteiger partial charge in [-0.05, 0) is 67.2 Å². The number of likely N-dealkylation sites (N-methyl/N-ethyl adjacent to an activating group) is 1. The van der Waals surface area contributed by atoms with Crippen LogP contribution in [0.2, 0.25) is 0 Å². The number of nitrogens with zero attached hydrogens (tertiary/aromatic N) is 6. The molecule has 0 amide bonds. The van der Waals surface area contributed by atoms with Crippen molar-refractivity contribution < 1.29 is 8.78 Å². The predicted octanol–water partition coefficient (Wildman–Crippen LogP) is 5.45. The maximum absolute atomic E-state index is 14.6. The maximum atomic E-state index is 14.6. The van der Waals surface area contributed by atoms with Crippen LogP contribution in [0.4, 0.5) is 14.5 Å². The van der Waals surface area contributed by atoms with E-state index in [1.54, 1.807) is 24.7 Å². The molecule has 0 radical (unpaired) electrons. The van der Waals surface area contributed by atoms with E-state index in [-0.39, 0.29) is 5.56 Å². The topological polar surface area (TPSA) is 58.0 Å². The lowest BCUT2D eigenvalue weighted by Crippen LogP contribution is -2.44. The van der Waals surface area contributed by atoms with Crippen molar-refractivity contribution in [3.8, 4) is 33.6 Å². The van der Waals surface area contributed by atoms with Crippen molar-refractivity contribution in [3.05, 3.63) is 91.0 Å². The lowest BCUT2D eigenvalue weighted by Gasteiger charge is -2.34. The highest BCUT2D eigenvalue weighted by atomic mass is 19.1. The molecule has 0 N–H and O–H groups in total. The summed E-state index contributed by atoms with van der Waals surface area (Å²) < 4.78 is 28.6. The van der Waals surface area contributed by atoms with Crippen molar-refractivity contribution in [1.82, 2.24) is 24.8 Å². The molecule has 8 heteroatoms. The van der Waals surface area contributed by atoms with E-state index >= 15 is 0 Å². The molecule has 1 aliphatic heterocycles. The van der Waals surface area contributed by atoms with Gasteiger partial charge in [0.25, 0.3) is 0 Å². The van der Waals surface area contributed by atoms with E-state index in [0.29, 0.717) is 11.3 Å². The minimum Gasteiger partial charge on any atom is -0.369 e. The number of rotatable bonds is 4. The number of anilines is 1. The molecular weight excluding hydrogens is 470 g/mol. The number of fused-ring (bicyclic) bond motifs is 1. The van der Waals surface area contributed by atoms with E-state index in [1.807, 2.05) is 30.5 Å². The molecule has 0 atom stereocenters. The number of halogens is 2. The van der Waals surface area contributed by atoms with Gasteiger partial charge in [0, 0.05) is 78.7 Å². The van der Waals surface area contributed by atoms with Gasteiger partial charge in [0.15, 0.2) is 5.65 Å². The summed E-state index contributed by atoms with van der Waals surface area (Å²) in [6, 6.07) is 15.0. The largest absolute Gasteiger partial charge is 0.369 e. The Morgan fingerprint density at radius 2 is 1.59 bits per heavy atom. The third-order valence-corrected chi connectivity index (χ3v) is 6.75. The van der Waals surface area contributed by atoms with Gasteiger partial charge in [-0.25, -0.2) is 18.7 Å². The van der Waals surface area contributed by atoms with E-state index in [4.69, 9.17) is 0 Å². The van der Waals surface area contributed by atoms with Gasteiger partial charge in [-0.2, -0.15) is 0 Å². The Hall–Kier alpha value is -4.30. The van der Waals surface area contributed by atoms with Crippen molar-refractivity contribution in [2.24, 2.45) is 0 Å². The molecule has 0 bridgehead atoms. The van der Waals surface area contributed by atoms with E-state index in [9.17, 15) is 8.78 Å². The second kappa shape index (κ2) is 9.63. The summed E-state index contributed by atoms with van der Waals surface area (Å²) in [5.41, 5.74) is 5.23. The lowest BCUT2D eigenvalue weighted by atomic mass is 9.99. The first-order chi connectivity index (χ1) is 18.0. The molecule has 5 heterocycles. The molecule has 37 heavy (non-hydrogen) atoms. The predicted molar refractivity (Wildman–Crippen MR) is 141 cm³/mol.